The summed E-state index contributed by atoms with van der Waals surface area (Å²) in [6, 6.07) is 0. The summed E-state index contributed by atoms with van der Waals surface area (Å²) in [5.41, 5.74) is 0.0850. The van der Waals surface area contributed by atoms with E-state index in [1.165, 1.54) is 11.5 Å². The highest BCUT2D eigenvalue weighted by Crippen LogP contribution is 2.10. The molecule has 0 aliphatic carbocycles. The van der Waals surface area contributed by atoms with Crippen LogP contribution in [0.15, 0.2) is 0 Å². The molecule has 1 saturated heterocycles. The molecule has 0 saturated carbocycles. The minimum atomic E-state index is 0.0850. The number of rotatable bonds is 0. The monoisotopic (exact) mass is 218 g/mol. The molecule has 0 atom stereocenters. The second-order valence-corrected chi connectivity index (χ2v) is 5.89. The van der Waals surface area contributed by atoms with E-state index < -0.39 is 0 Å². The van der Waals surface area contributed by atoms with Gasteiger partial charge in [0.05, 0.1) is 0 Å². The Morgan fingerprint density at radius 2 is 1.85 bits per heavy atom. The van der Waals surface area contributed by atoms with E-state index in [-0.39, 0.29) is 5.54 Å². The van der Waals surface area contributed by atoms with E-state index in [1.54, 1.807) is 0 Å². The summed E-state index contributed by atoms with van der Waals surface area (Å²) < 4.78 is 0. The van der Waals surface area contributed by atoms with Crippen LogP contribution in [0.1, 0.15) is 20.8 Å². The van der Waals surface area contributed by atoms with Gasteiger partial charge in [0.25, 0.3) is 0 Å². The number of nitrogens with one attached hydrogen (secondary N) is 1. The molecular weight excluding hydrogens is 200 g/mol. The SMILES string of the molecule is CC(C)(C)NC(=S)N1CCSCC1. The Hall–Kier alpha value is 0.0400. The van der Waals surface area contributed by atoms with Gasteiger partial charge in [0, 0.05) is 30.1 Å². The van der Waals surface area contributed by atoms with E-state index in [1.807, 2.05) is 11.8 Å². The Kier molecular flexibility index (Phi) is 3.86. The van der Waals surface area contributed by atoms with Gasteiger partial charge in [-0.25, -0.2) is 0 Å². The first kappa shape index (κ1) is 11.1. The molecule has 76 valence electrons. The van der Waals surface area contributed by atoms with Crippen LogP contribution in [0.25, 0.3) is 0 Å². The third-order valence-corrected chi connectivity index (χ3v) is 3.08. The highest BCUT2D eigenvalue weighted by Gasteiger charge is 2.17. The van der Waals surface area contributed by atoms with E-state index in [4.69, 9.17) is 12.2 Å². The average molecular weight is 218 g/mol. The zero-order valence-corrected chi connectivity index (χ0v) is 10.2. The molecule has 13 heavy (non-hydrogen) atoms. The van der Waals surface area contributed by atoms with Gasteiger partial charge in [-0.2, -0.15) is 11.8 Å². The molecule has 1 N–H and O–H groups in total. The van der Waals surface area contributed by atoms with Crippen molar-refractivity contribution in [3.8, 4) is 0 Å². The van der Waals surface area contributed by atoms with Crippen LogP contribution in [0, 0.1) is 0 Å². The van der Waals surface area contributed by atoms with Crippen molar-refractivity contribution in [2.75, 3.05) is 24.6 Å². The predicted octanol–water partition coefficient (Wildman–Crippen LogP) is 1.71. The van der Waals surface area contributed by atoms with Crippen molar-refractivity contribution < 1.29 is 0 Å². The third-order valence-electron chi connectivity index (χ3n) is 1.78. The maximum atomic E-state index is 5.33. The van der Waals surface area contributed by atoms with Crippen molar-refractivity contribution >= 4 is 29.1 Å². The Bertz CT molecular complexity index is 181. The number of nitrogens with zero attached hydrogens (tertiary/aromatic N) is 1. The lowest BCUT2D eigenvalue weighted by Crippen LogP contribution is -2.50. The van der Waals surface area contributed by atoms with Crippen LogP contribution in [0.4, 0.5) is 0 Å². The van der Waals surface area contributed by atoms with Crippen molar-refractivity contribution in [2.45, 2.75) is 26.3 Å². The molecular formula is C9H18N2S2. The van der Waals surface area contributed by atoms with Crippen LogP contribution >= 0.6 is 24.0 Å². The summed E-state index contributed by atoms with van der Waals surface area (Å²) in [4.78, 5) is 2.26. The number of hydrogen-bond donors (Lipinski definition) is 1. The Balaban J connectivity index is 2.38. The predicted molar refractivity (Wildman–Crippen MR) is 64.4 cm³/mol. The summed E-state index contributed by atoms with van der Waals surface area (Å²) >= 11 is 7.33. The second kappa shape index (κ2) is 4.51. The van der Waals surface area contributed by atoms with Crippen LogP contribution in [-0.4, -0.2) is 40.1 Å². The van der Waals surface area contributed by atoms with Crippen molar-refractivity contribution in [3.63, 3.8) is 0 Å². The molecule has 1 rings (SSSR count). The van der Waals surface area contributed by atoms with Gasteiger partial charge in [-0.3, -0.25) is 0 Å². The molecule has 0 amide bonds. The van der Waals surface area contributed by atoms with Gasteiger partial charge in [-0.05, 0) is 33.0 Å². The smallest absolute Gasteiger partial charge is 0.169 e. The quantitative estimate of drug-likeness (QED) is 0.622. The zero-order valence-electron chi connectivity index (χ0n) is 8.59. The first-order chi connectivity index (χ1) is 5.99. The van der Waals surface area contributed by atoms with Gasteiger partial charge in [0.1, 0.15) is 0 Å². The van der Waals surface area contributed by atoms with E-state index >= 15 is 0 Å². The minimum Gasteiger partial charge on any atom is -0.358 e. The van der Waals surface area contributed by atoms with Gasteiger partial charge in [-0.1, -0.05) is 0 Å². The van der Waals surface area contributed by atoms with Gasteiger partial charge in [0.2, 0.25) is 0 Å². The van der Waals surface area contributed by atoms with E-state index in [0.29, 0.717) is 0 Å². The zero-order chi connectivity index (χ0) is 9.90. The summed E-state index contributed by atoms with van der Waals surface area (Å²) in [6.07, 6.45) is 0. The van der Waals surface area contributed by atoms with Gasteiger partial charge in [-0.15, -0.1) is 0 Å². The lowest BCUT2D eigenvalue weighted by molar-refractivity contribution is 0.417. The molecule has 1 aliphatic heterocycles. The van der Waals surface area contributed by atoms with Crippen LogP contribution in [0.5, 0.6) is 0 Å². The number of thioether (sulfide) groups is 1. The molecule has 0 spiro atoms. The van der Waals surface area contributed by atoms with E-state index in [2.05, 4.69) is 31.0 Å². The molecule has 0 bridgehead atoms. The molecule has 0 aromatic rings. The first-order valence-electron chi connectivity index (χ1n) is 4.64. The normalized spacial score (nSPS) is 18.5. The molecule has 1 fully saturated rings. The summed E-state index contributed by atoms with van der Waals surface area (Å²) in [6.45, 7) is 8.59. The lowest BCUT2D eigenvalue weighted by Gasteiger charge is -2.33. The molecule has 0 aromatic heterocycles. The standard InChI is InChI=1S/C9H18N2S2/c1-9(2,3)10-8(12)11-4-6-13-7-5-11/h4-7H2,1-3H3,(H,10,12). The minimum absolute atomic E-state index is 0.0850. The summed E-state index contributed by atoms with van der Waals surface area (Å²) in [5.74, 6) is 2.40. The first-order valence-corrected chi connectivity index (χ1v) is 6.20. The highest BCUT2D eigenvalue weighted by molar-refractivity contribution is 7.99. The number of thiocarbonyl (C=S) groups is 1. The molecule has 1 aliphatic rings. The fraction of sp³-hybridized carbons (Fsp3) is 0.889. The largest absolute Gasteiger partial charge is 0.358 e. The highest BCUT2D eigenvalue weighted by atomic mass is 32.2. The summed E-state index contributed by atoms with van der Waals surface area (Å²) in [7, 11) is 0. The molecule has 1 heterocycles. The van der Waals surface area contributed by atoms with E-state index in [0.717, 1.165) is 18.2 Å². The maximum absolute atomic E-state index is 5.33. The second-order valence-electron chi connectivity index (χ2n) is 4.28. The van der Waals surface area contributed by atoms with Crippen molar-refractivity contribution in [2.24, 2.45) is 0 Å². The van der Waals surface area contributed by atoms with Crippen molar-refractivity contribution in [3.05, 3.63) is 0 Å². The van der Waals surface area contributed by atoms with Crippen LogP contribution in [0.2, 0.25) is 0 Å². The van der Waals surface area contributed by atoms with Crippen LogP contribution in [-0.2, 0) is 0 Å². The van der Waals surface area contributed by atoms with Crippen molar-refractivity contribution in [1.29, 1.82) is 0 Å². The number of hydrogen-bond acceptors (Lipinski definition) is 2. The fourth-order valence-electron chi connectivity index (χ4n) is 1.17. The van der Waals surface area contributed by atoms with Gasteiger partial charge < -0.3 is 10.2 Å². The summed E-state index contributed by atoms with van der Waals surface area (Å²) in [5, 5.41) is 4.25. The average Bonchev–Trinajstić information content (AvgIpc) is 2.03. The van der Waals surface area contributed by atoms with Crippen LogP contribution in [0.3, 0.4) is 0 Å². The topological polar surface area (TPSA) is 15.3 Å². The van der Waals surface area contributed by atoms with Crippen molar-refractivity contribution in [1.82, 2.24) is 10.2 Å². The lowest BCUT2D eigenvalue weighted by atomic mass is 10.1. The third kappa shape index (κ3) is 4.18. The Labute approximate surface area is 90.4 Å². The molecule has 0 aromatic carbocycles. The van der Waals surface area contributed by atoms with Gasteiger partial charge >= 0.3 is 0 Å². The maximum Gasteiger partial charge on any atom is 0.169 e. The molecule has 4 heteroatoms. The molecule has 0 radical (unpaired) electrons. The Morgan fingerprint density at radius 1 is 1.31 bits per heavy atom. The van der Waals surface area contributed by atoms with Crippen LogP contribution < -0.4 is 5.32 Å². The van der Waals surface area contributed by atoms with Gasteiger partial charge in [0.15, 0.2) is 5.11 Å². The van der Waals surface area contributed by atoms with E-state index in [9.17, 15) is 0 Å². The molecule has 0 unspecified atom stereocenters. The molecule has 2 nitrogen and oxygen atoms in total. The fourth-order valence-corrected chi connectivity index (χ4v) is 2.56. The Morgan fingerprint density at radius 3 is 2.31 bits per heavy atom.